The highest BCUT2D eigenvalue weighted by atomic mass is 19.4. The lowest BCUT2D eigenvalue weighted by Crippen LogP contribution is -2.48. The van der Waals surface area contributed by atoms with E-state index in [9.17, 15) is 18.0 Å². The van der Waals surface area contributed by atoms with Crippen molar-refractivity contribution < 1.29 is 27.2 Å². The summed E-state index contributed by atoms with van der Waals surface area (Å²) < 4.78 is 48.6. The van der Waals surface area contributed by atoms with Crippen molar-refractivity contribution in [2.45, 2.75) is 12.7 Å². The van der Waals surface area contributed by atoms with Gasteiger partial charge in [-0.2, -0.15) is 18.2 Å². The van der Waals surface area contributed by atoms with Gasteiger partial charge in [0, 0.05) is 37.3 Å². The molecule has 1 aliphatic heterocycles. The van der Waals surface area contributed by atoms with Gasteiger partial charge in [-0.25, -0.2) is 0 Å². The molecule has 2 heterocycles. The Bertz CT molecular complexity index is 1060. The minimum Gasteiger partial charge on any atom is -0.497 e. The first-order valence-electron chi connectivity index (χ1n) is 9.99. The first-order valence-corrected chi connectivity index (χ1v) is 9.99. The zero-order valence-corrected chi connectivity index (χ0v) is 17.3. The third-order valence-corrected chi connectivity index (χ3v) is 5.29. The number of ether oxygens (including phenoxy) is 1. The molecule has 0 atom stereocenters. The summed E-state index contributed by atoms with van der Waals surface area (Å²) in [6.07, 6.45) is -4.42. The van der Waals surface area contributed by atoms with Gasteiger partial charge in [0.15, 0.2) is 0 Å². The van der Waals surface area contributed by atoms with Crippen LogP contribution >= 0.6 is 0 Å². The lowest BCUT2D eigenvalue weighted by molar-refractivity contribution is -0.137. The average Bonchev–Trinajstić information content (AvgIpc) is 3.27. The molecule has 0 N–H and O–H groups in total. The standard InChI is InChI=1S/C22H21F3N4O3/c1-31-18-8-4-15(5-9-18)20-26-19(32-27-20)14-28-10-12-29(13-11-28)21(30)16-2-6-17(7-3-16)22(23,24)25/h2-9H,10-14H2,1H3. The van der Waals surface area contributed by atoms with Gasteiger partial charge in [-0.15, -0.1) is 0 Å². The number of aromatic nitrogens is 2. The predicted octanol–water partition coefficient (Wildman–Crippen LogP) is 3.72. The summed E-state index contributed by atoms with van der Waals surface area (Å²) in [6, 6.07) is 11.6. The number of halogens is 3. The topological polar surface area (TPSA) is 71.7 Å². The number of amides is 1. The van der Waals surface area contributed by atoms with Gasteiger partial charge in [0.05, 0.1) is 19.2 Å². The molecule has 3 aromatic rings. The second-order valence-corrected chi connectivity index (χ2v) is 7.38. The van der Waals surface area contributed by atoms with Crippen LogP contribution in [0.2, 0.25) is 0 Å². The maximum atomic E-state index is 12.7. The van der Waals surface area contributed by atoms with Crippen molar-refractivity contribution in [1.82, 2.24) is 19.9 Å². The number of hydrogen-bond donors (Lipinski definition) is 0. The Morgan fingerprint density at radius 3 is 2.28 bits per heavy atom. The maximum absolute atomic E-state index is 12.7. The average molecular weight is 446 g/mol. The van der Waals surface area contributed by atoms with E-state index in [2.05, 4.69) is 15.0 Å². The van der Waals surface area contributed by atoms with E-state index in [1.54, 1.807) is 12.0 Å². The number of carbonyl (C=O) groups is 1. The summed E-state index contributed by atoms with van der Waals surface area (Å²) in [6.45, 7) is 2.55. The van der Waals surface area contributed by atoms with Crippen molar-refractivity contribution in [3.8, 4) is 17.1 Å². The Kier molecular flexibility index (Phi) is 6.13. The summed E-state index contributed by atoms with van der Waals surface area (Å²) >= 11 is 0. The first-order chi connectivity index (χ1) is 15.3. The van der Waals surface area contributed by atoms with Gasteiger partial charge >= 0.3 is 6.18 Å². The highest BCUT2D eigenvalue weighted by Crippen LogP contribution is 2.29. The summed E-state index contributed by atoms with van der Waals surface area (Å²) in [5.74, 6) is 1.41. The van der Waals surface area contributed by atoms with Crippen LogP contribution in [0.3, 0.4) is 0 Å². The largest absolute Gasteiger partial charge is 0.497 e. The molecule has 0 aliphatic carbocycles. The van der Waals surface area contributed by atoms with Crippen molar-refractivity contribution >= 4 is 5.91 Å². The van der Waals surface area contributed by atoms with Gasteiger partial charge in [-0.05, 0) is 48.5 Å². The molecule has 32 heavy (non-hydrogen) atoms. The second kappa shape index (κ2) is 8.99. The zero-order chi connectivity index (χ0) is 22.7. The third kappa shape index (κ3) is 4.91. The minimum absolute atomic E-state index is 0.243. The molecular weight excluding hydrogens is 425 g/mol. The number of alkyl halides is 3. The Morgan fingerprint density at radius 1 is 1.03 bits per heavy atom. The Labute approximate surface area is 182 Å². The Balaban J connectivity index is 1.31. The summed E-state index contributed by atoms with van der Waals surface area (Å²) in [4.78, 5) is 20.8. The van der Waals surface area contributed by atoms with E-state index < -0.39 is 11.7 Å². The zero-order valence-electron chi connectivity index (χ0n) is 17.3. The van der Waals surface area contributed by atoms with Crippen molar-refractivity contribution in [2.75, 3.05) is 33.3 Å². The van der Waals surface area contributed by atoms with E-state index in [0.717, 1.165) is 23.4 Å². The number of carbonyl (C=O) groups excluding carboxylic acids is 1. The third-order valence-electron chi connectivity index (χ3n) is 5.29. The smallest absolute Gasteiger partial charge is 0.416 e. The number of rotatable bonds is 5. The molecule has 7 nitrogen and oxygen atoms in total. The fourth-order valence-electron chi connectivity index (χ4n) is 3.46. The van der Waals surface area contributed by atoms with Crippen LogP contribution in [0.5, 0.6) is 5.75 Å². The molecule has 4 rings (SSSR count). The van der Waals surface area contributed by atoms with E-state index in [4.69, 9.17) is 9.26 Å². The number of benzene rings is 2. The van der Waals surface area contributed by atoms with Crippen LogP contribution in [0.1, 0.15) is 21.8 Å². The van der Waals surface area contributed by atoms with Gasteiger partial charge in [0.1, 0.15) is 5.75 Å². The molecule has 0 bridgehead atoms. The monoisotopic (exact) mass is 446 g/mol. The molecule has 1 saturated heterocycles. The maximum Gasteiger partial charge on any atom is 0.416 e. The fraction of sp³-hybridized carbons (Fsp3) is 0.318. The van der Waals surface area contributed by atoms with Gasteiger partial charge in [-0.3, -0.25) is 9.69 Å². The van der Waals surface area contributed by atoms with E-state index in [1.165, 1.54) is 12.1 Å². The number of hydrogen-bond acceptors (Lipinski definition) is 6. The van der Waals surface area contributed by atoms with Crippen molar-refractivity contribution in [3.05, 3.63) is 65.5 Å². The van der Waals surface area contributed by atoms with Crippen molar-refractivity contribution in [2.24, 2.45) is 0 Å². The highest BCUT2D eigenvalue weighted by molar-refractivity contribution is 5.94. The second-order valence-electron chi connectivity index (χ2n) is 7.38. The molecule has 1 aliphatic rings. The molecular formula is C22H21F3N4O3. The Hall–Kier alpha value is -3.40. The van der Waals surface area contributed by atoms with Gasteiger partial charge in [0.25, 0.3) is 5.91 Å². The molecule has 0 saturated carbocycles. The summed E-state index contributed by atoms with van der Waals surface area (Å²) in [5, 5.41) is 4.02. The van der Waals surface area contributed by atoms with Gasteiger partial charge in [0.2, 0.25) is 11.7 Å². The van der Waals surface area contributed by atoms with E-state index in [-0.39, 0.29) is 11.5 Å². The first kappa shape index (κ1) is 21.8. The molecule has 1 fully saturated rings. The Morgan fingerprint density at radius 2 is 1.69 bits per heavy atom. The van der Waals surface area contributed by atoms with Crippen LogP contribution in [-0.4, -0.2) is 59.1 Å². The van der Waals surface area contributed by atoms with Crippen LogP contribution in [-0.2, 0) is 12.7 Å². The molecule has 168 valence electrons. The lowest BCUT2D eigenvalue weighted by atomic mass is 10.1. The normalized spacial score (nSPS) is 15.1. The quantitative estimate of drug-likeness (QED) is 0.595. The summed E-state index contributed by atoms with van der Waals surface area (Å²) in [5.41, 5.74) is 0.285. The minimum atomic E-state index is -4.42. The van der Waals surface area contributed by atoms with E-state index >= 15 is 0 Å². The number of methoxy groups -OCH3 is 1. The van der Waals surface area contributed by atoms with Gasteiger partial charge < -0.3 is 14.2 Å². The molecule has 2 aromatic carbocycles. The SMILES string of the molecule is COc1ccc(-c2noc(CN3CCN(C(=O)c4ccc(C(F)(F)F)cc4)CC3)n2)cc1. The number of piperazine rings is 1. The molecule has 0 spiro atoms. The molecule has 0 unspecified atom stereocenters. The lowest BCUT2D eigenvalue weighted by Gasteiger charge is -2.34. The molecule has 1 aromatic heterocycles. The number of nitrogens with zero attached hydrogens (tertiary/aromatic N) is 4. The van der Waals surface area contributed by atoms with E-state index in [1.807, 2.05) is 24.3 Å². The van der Waals surface area contributed by atoms with Crippen LogP contribution in [0.4, 0.5) is 13.2 Å². The van der Waals surface area contributed by atoms with Gasteiger partial charge in [-0.1, -0.05) is 5.16 Å². The predicted molar refractivity (Wildman–Crippen MR) is 109 cm³/mol. The van der Waals surface area contributed by atoms with Crippen LogP contribution < -0.4 is 4.74 Å². The van der Waals surface area contributed by atoms with Crippen LogP contribution in [0.25, 0.3) is 11.4 Å². The van der Waals surface area contributed by atoms with E-state index in [0.29, 0.717) is 44.4 Å². The van der Waals surface area contributed by atoms with Crippen molar-refractivity contribution in [1.29, 1.82) is 0 Å². The fourth-order valence-corrected chi connectivity index (χ4v) is 3.46. The molecule has 0 radical (unpaired) electrons. The molecule has 10 heteroatoms. The summed E-state index contributed by atoms with van der Waals surface area (Å²) in [7, 11) is 1.60. The van der Waals surface area contributed by atoms with Crippen LogP contribution in [0, 0.1) is 0 Å². The molecule has 1 amide bonds. The highest BCUT2D eigenvalue weighted by Gasteiger charge is 2.31. The van der Waals surface area contributed by atoms with Crippen molar-refractivity contribution in [3.63, 3.8) is 0 Å². The van der Waals surface area contributed by atoms with Crippen LogP contribution in [0.15, 0.2) is 53.1 Å².